The van der Waals surface area contributed by atoms with Gasteiger partial charge in [0, 0.05) is 44.7 Å². The average molecular weight is 433 g/mol. The molecule has 1 aromatic carbocycles. The highest BCUT2D eigenvalue weighted by Gasteiger charge is 2.32. The Bertz CT molecular complexity index is 1120. The van der Waals surface area contributed by atoms with E-state index < -0.39 is 0 Å². The third kappa shape index (κ3) is 4.12. The van der Waals surface area contributed by atoms with Gasteiger partial charge in [-0.05, 0) is 48.9 Å². The van der Waals surface area contributed by atoms with E-state index in [2.05, 4.69) is 34.3 Å². The molecule has 0 spiro atoms. The largest absolute Gasteiger partial charge is 0.474 e. The van der Waals surface area contributed by atoms with Crippen LogP contribution in [-0.4, -0.2) is 44.9 Å². The highest BCUT2D eigenvalue weighted by molar-refractivity contribution is 6.00. The number of rotatable bonds is 6. The Kier molecular flexibility index (Phi) is 5.66. The van der Waals surface area contributed by atoms with Crippen LogP contribution in [0.1, 0.15) is 46.4 Å². The predicted molar refractivity (Wildman–Crippen MR) is 120 cm³/mol. The van der Waals surface area contributed by atoms with E-state index in [0.717, 1.165) is 53.8 Å². The summed E-state index contributed by atoms with van der Waals surface area (Å²) in [5.41, 5.74) is 5.89. The number of aromatic nitrogens is 3. The quantitative estimate of drug-likeness (QED) is 0.591. The molecule has 7 nitrogen and oxygen atoms in total. The van der Waals surface area contributed by atoms with Crippen molar-refractivity contribution in [1.29, 1.82) is 0 Å². The summed E-state index contributed by atoms with van der Waals surface area (Å²) in [6.45, 7) is 4.34. The number of amides is 1. The van der Waals surface area contributed by atoms with Crippen LogP contribution in [-0.2, 0) is 24.9 Å². The fourth-order valence-electron chi connectivity index (χ4n) is 4.52. The monoisotopic (exact) mass is 432 g/mol. The zero-order valence-corrected chi connectivity index (χ0v) is 18.6. The molecule has 0 saturated carbocycles. The van der Waals surface area contributed by atoms with Crippen LogP contribution in [0.4, 0.5) is 0 Å². The number of pyridine rings is 1. The first-order chi connectivity index (χ1) is 15.6. The van der Waals surface area contributed by atoms with Gasteiger partial charge in [0.25, 0.3) is 5.91 Å². The van der Waals surface area contributed by atoms with Crippen LogP contribution in [0.5, 0.6) is 5.88 Å². The minimum atomic E-state index is -0.0279. The molecule has 5 rings (SSSR count). The van der Waals surface area contributed by atoms with E-state index in [4.69, 9.17) is 9.47 Å². The van der Waals surface area contributed by atoms with Gasteiger partial charge in [-0.3, -0.25) is 9.48 Å². The van der Waals surface area contributed by atoms with Gasteiger partial charge in [0.15, 0.2) is 0 Å². The number of carbonyl (C=O) groups is 1. The number of aryl methyl sites for hydroxylation is 2. The normalized spacial score (nSPS) is 18.1. The zero-order chi connectivity index (χ0) is 22.1. The summed E-state index contributed by atoms with van der Waals surface area (Å²) < 4.78 is 13.5. The van der Waals surface area contributed by atoms with Gasteiger partial charge in [-0.2, -0.15) is 5.10 Å². The molecular weight excluding hydrogens is 404 g/mol. The fourth-order valence-corrected chi connectivity index (χ4v) is 4.52. The van der Waals surface area contributed by atoms with Crippen LogP contribution in [0.15, 0.2) is 42.7 Å². The number of benzene rings is 1. The Labute approximate surface area is 188 Å². The van der Waals surface area contributed by atoms with Crippen molar-refractivity contribution in [2.24, 2.45) is 7.05 Å². The summed E-state index contributed by atoms with van der Waals surface area (Å²) in [5.74, 6) is 0.395. The summed E-state index contributed by atoms with van der Waals surface area (Å²) in [6, 6.07) is 10.2. The molecule has 1 saturated heterocycles. The van der Waals surface area contributed by atoms with Crippen molar-refractivity contribution in [3.63, 3.8) is 0 Å². The van der Waals surface area contributed by atoms with Gasteiger partial charge in [-0.25, -0.2) is 4.98 Å². The summed E-state index contributed by atoms with van der Waals surface area (Å²) in [4.78, 5) is 19.4. The molecule has 7 heteroatoms. The summed E-state index contributed by atoms with van der Waals surface area (Å²) in [6.07, 6.45) is 7.07. The number of carbonyl (C=O) groups excluding carboxylic acids is 1. The summed E-state index contributed by atoms with van der Waals surface area (Å²) in [7, 11) is 1.93. The van der Waals surface area contributed by atoms with Crippen molar-refractivity contribution in [3.05, 3.63) is 65.1 Å². The Morgan fingerprint density at radius 1 is 1.19 bits per heavy atom. The Balaban J connectivity index is 1.27. The van der Waals surface area contributed by atoms with Crippen LogP contribution in [0.2, 0.25) is 0 Å². The third-order valence-electron chi connectivity index (χ3n) is 6.20. The molecule has 1 atom stereocenters. The number of hydrogen-bond donors (Lipinski definition) is 0. The predicted octanol–water partition coefficient (Wildman–Crippen LogP) is 3.89. The molecule has 1 unspecified atom stereocenters. The lowest BCUT2D eigenvalue weighted by Gasteiger charge is -2.22. The molecule has 0 N–H and O–H groups in total. The van der Waals surface area contributed by atoms with E-state index >= 15 is 0 Å². The van der Waals surface area contributed by atoms with Crippen LogP contribution < -0.4 is 4.74 Å². The fraction of sp³-hybridized carbons (Fsp3) is 0.400. The zero-order valence-electron chi connectivity index (χ0n) is 18.6. The van der Waals surface area contributed by atoms with Gasteiger partial charge >= 0.3 is 0 Å². The maximum Gasteiger partial charge on any atom is 0.260 e. The smallest absolute Gasteiger partial charge is 0.260 e. The second-order valence-corrected chi connectivity index (χ2v) is 8.61. The van der Waals surface area contributed by atoms with E-state index in [9.17, 15) is 4.79 Å². The molecular formula is C25H28N4O3. The average Bonchev–Trinajstić information content (AvgIpc) is 3.32. The van der Waals surface area contributed by atoms with E-state index in [1.54, 1.807) is 6.20 Å². The summed E-state index contributed by atoms with van der Waals surface area (Å²) in [5, 5.41) is 4.42. The van der Waals surface area contributed by atoms with Gasteiger partial charge in [0.05, 0.1) is 11.8 Å². The van der Waals surface area contributed by atoms with E-state index in [-0.39, 0.29) is 12.0 Å². The Morgan fingerprint density at radius 3 is 2.75 bits per heavy atom. The number of fused-ring (bicyclic) bond motifs is 1. The maximum atomic E-state index is 13.2. The lowest BCUT2D eigenvalue weighted by molar-refractivity contribution is -0.0121. The van der Waals surface area contributed by atoms with E-state index in [1.807, 2.05) is 35.8 Å². The molecule has 32 heavy (non-hydrogen) atoms. The van der Waals surface area contributed by atoms with Crippen molar-refractivity contribution in [2.45, 2.75) is 45.4 Å². The van der Waals surface area contributed by atoms with Crippen LogP contribution in [0.3, 0.4) is 0 Å². The molecule has 3 aromatic rings. The van der Waals surface area contributed by atoms with Gasteiger partial charge < -0.3 is 14.4 Å². The molecule has 0 radical (unpaired) electrons. The molecule has 166 valence electrons. The molecule has 4 heterocycles. The lowest BCUT2D eigenvalue weighted by atomic mass is 10.0. The summed E-state index contributed by atoms with van der Waals surface area (Å²) >= 11 is 0. The molecule has 2 aliphatic rings. The SMILES string of the molecule is Cc1nn(C)cc1-c1ccc(CN2Cc3ccnc(OCC4CCCCO4)c3C2=O)cc1. The highest BCUT2D eigenvalue weighted by Crippen LogP contribution is 2.31. The molecule has 1 amide bonds. The van der Waals surface area contributed by atoms with Gasteiger partial charge in [-0.1, -0.05) is 24.3 Å². The van der Waals surface area contributed by atoms with E-state index in [0.29, 0.717) is 31.1 Å². The standard InChI is InChI=1S/C25H28N4O3/c1-17-22(15-28(2)27-17)19-8-6-18(7-9-19)13-29-14-20-10-11-26-24(23(20)25(29)30)32-16-21-5-3-4-12-31-21/h6-11,15,21H,3-5,12-14,16H2,1-2H3. The van der Waals surface area contributed by atoms with Gasteiger partial charge in [0.1, 0.15) is 12.2 Å². The first kappa shape index (κ1) is 20.7. The number of ether oxygens (including phenoxy) is 2. The molecule has 1 fully saturated rings. The second kappa shape index (κ2) is 8.74. The van der Waals surface area contributed by atoms with Crippen LogP contribution in [0, 0.1) is 6.92 Å². The third-order valence-corrected chi connectivity index (χ3v) is 6.20. The minimum absolute atomic E-state index is 0.0279. The minimum Gasteiger partial charge on any atom is -0.474 e. The van der Waals surface area contributed by atoms with Crippen LogP contribution in [0.25, 0.3) is 11.1 Å². The van der Waals surface area contributed by atoms with Crippen molar-refractivity contribution in [2.75, 3.05) is 13.2 Å². The molecule has 2 aliphatic heterocycles. The van der Waals surface area contributed by atoms with Crippen LogP contribution >= 0.6 is 0 Å². The molecule has 2 aromatic heterocycles. The van der Waals surface area contributed by atoms with Crippen molar-refractivity contribution in [1.82, 2.24) is 19.7 Å². The van der Waals surface area contributed by atoms with Crippen molar-refractivity contribution >= 4 is 5.91 Å². The lowest BCUT2D eigenvalue weighted by Crippen LogP contribution is -2.27. The number of nitrogens with zero attached hydrogens (tertiary/aromatic N) is 4. The second-order valence-electron chi connectivity index (χ2n) is 8.61. The molecule has 0 aliphatic carbocycles. The Morgan fingerprint density at radius 2 is 2.03 bits per heavy atom. The molecule has 0 bridgehead atoms. The topological polar surface area (TPSA) is 69.5 Å². The van der Waals surface area contributed by atoms with Gasteiger partial charge in [0.2, 0.25) is 5.88 Å². The van der Waals surface area contributed by atoms with Gasteiger partial charge in [-0.15, -0.1) is 0 Å². The van der Waals surface area contributed by atoms with Crippen molar-refractivity contribution < 1.29 is 14.3 Å². The maximum absolute atomic E-state index is 13.2. The van der Waals surface area contributed by atoms with Crippen molar-refractivity contribution in [3.8, 4) is 17.0 Å². The first-order valence-electron chi connectivity index (χ1n) is 11.2. The Hall–Kier alpha value is -3.19. The highest BCUT2D eigenvalue weighted by atomic mass is 16.5. The van der Waals surface area contributed by atoms with E-state index in [1.165, 1.54) is 0 Å². The first-order valence-corrected chi connectivity index (χ1v) is 11.2. The number of hydrogen-bond acceptors (Lipinski definition) is 5.